The van der Waals surface area contributed by atoms with Gasteiger partial charge in [0.05, 0.1) is 0 Å². The Bertz CT molecular complexity index is 3280. The van der Waals surface area contributed by atoms with Gasteiger partial charge in [0.2, 0.25) is 0 Å². The van der Waals surface area contributed by atoms with E-state index in [9.17, 15) is 0 Å². The molecule has 344 valence electrons. The Hall–Kier alpha value is -6.76. The third-order valence-corrected chi connectivity index (χ3v) is 15.4. The quantitative estimate of drug-likeness (QED) is 0.135. The van der Waals surface area contributed by atoms with Crippen LogP contribution in [0.2, 0.25) is 0 Å². The number of rotatable bonds is 9. The molecule has 3 aliphatic carbocycles. The minimum atomic E-state index is 0.0687. The van der Waals surface area contributed by atoms with E-state index >= 15 is 0 Å². The van der Waals surface area contributed by atoms with Crippen LogP contribution >= 0.6 is 0 Å². The van der Waals surface area contributed by atoms with Crippen LogP contribution in [-0.4, -0.2) is 0 Å². The molecule has 0 aliphatic heterocycles. The molecule has 0 amide bonds. The number of fused-ring (bicyclic) bond motifs is 4. The predicted octanol–water partition coefficient (Wildman–Crippen LogP) is 19.5. The van der Waals surface area contributed by atoms with E-state index in [-0.39, 0.29) is 5.41 Å². The molecule has 12 rings (SSSR count). The van der Waals surface area contributed by atoms with E-state index in [0.717, 1.165) is 18.8 Å². The molecule has 69 heavy (non-hydrogen) atoms. The lowest BCUT2D eigenvalue weighted by molar-refractivity contribution is 0.653. The summed E-state index contributed by atoms with van der Waals surface area (Å²) in [5, 5.41) is 2.66. The zero-order chi connectivity index (χ0) is 47.6. The molecule has 0 nitrogen and oxygen atoms in total. The molecular formula is C69H68. The molecule has 0 bridgehead atoms. The topological polar surface area (TPSA) is 0 Å². The Balaban J connectivity index is 0.000000167. The maximum absolute atomic E-state index is 2.47. The van der Waals surface area contributed by atoms with Crippen molar-refractivity contribution in [1.82, 2.24) is 0 Å². The lowest BCUT2D eigenvalue weighted by Crippen LogP contribution is -2.15. The molecule has 0 heterocycles. The van der Waals surface area contributed by atoms with E-state index in [4.69, 9.17) is 0 Å². The van der Waals surface area contributed by atoms with Crippen molar-refractivity contribution < 1.29 is 0 Å². The van der Waals surface area contributed by atoms with Crippen molar-refractivity contribution in [2.75, 3.05) is 0 Å². The van der Waals surface area contributed by atoms with Crippen molar-refractivity contribution in [3.63, 3.8) is 0 Å². The summed E-state index contributed by atoms with van der Waals surface area (Å²) in [4.78, 5) is 0. The van der Waals surface area contributed by atoms with Crippen molar-refractivity contribution >= 4 is 10.8 Å². The molecule has 1 unspecified atom stereocenters. The summed E-state index contributed by atoms with van der Waals surface area (Å²) in [6.07, 6.45) is 9.41. The Kier molecular flexibility index (Phi) is 13.1. The molecule has 0 spiro atoms. The highest BCUT2D eigenvalue weighted by Crippen LogP contribution is 2.49. The molecule has 0 N–H and O–H groups in total. The Morgan fingerprint density at radius 1 is 0.435 bits per heavy atom. The SMILES string of the molecule is C1CC1.Cc1ccc(-c2ccc(C(C)CCc3ccc4c(c3)C(C)(C)c3ccccc3-4)cc2)cc1-c1ccccc1C1CC1.Cc1ccccc1-c1cccc(-c2ccc(C)c3ccccc23)c1C. The number of aryl methyl sites for hydroxylation is 4. The summed E-state index contributed by atoms with van der Waals surface area (Å²) in [5.41, 5.74) is 26.2. The van der Waals surface area contributed by atoms with E-state index in [0.29, 0.717) is 5.92 Å². The summed E-state index contributed by atoms with van der Waals surface area (Å²) in [7, 11) is 0. The Morgan fingerprint density at radius 2 is 1.00 bits per heavy atom. The van der Waals surface area contributed by atoms with Gasteiger partial charge in [0.25, 0.3) is 0 Å². The summed E-state index contributed by atoms with van der Waals surface area (Å²) in [6.45, 7) is 16.0. The highest BCUT2D eigenvalue weighted by Gasteiger charge is 2.35. The van der Waals surface area contributed by atoms with Crippen molar-refractivity contribution in [2.24, 2.45) is 0 Å². The fourth-order valence-corrected chi connectivity index (χ4v) is 10.8. The highest BCUT2D eigenvalue weighted by molar-refractivity contribution is 6.00. The molecule has 0 heteroatoms. The van der Waals surface area contributed by atoms with Crippen LogP contribution in [0, 0.1) is 27.7 Å². The molecule has 2 saturated carbocycles. The van der Waals surface area contributed by atoms with Gasteiger partial charge in [-0.1, -0.05) is 222 Å². The minimum absolute atomic E-state index is 0.0687. The first-order chi connectivity index (χ1) is 33.6. The molecule has 0 saturated heterocycles. The molecular weight excluding hydrogens is 829 g/mol. The van der Waals surface area contributed by atoms with Crippen molar-refractivity contribution in [3.05, 3.63) is 238 Å². The monoisotopic (exact) mass is 897 g/mol. The number of hydrogen-bond acceptors (Lipinski definition) is 0. The average Bonchev–Trinajstić information content (AvgIpc) is 4.32. The van der Waals surface area contributed by atoms with Gasteiger partial charge in [-0.3, -0.25) is 0 Å². The summed E-state index contributed by atoms with van der Waals surface area (Å²) < 4.78 is 0. The van der Waals surface area contributed by atoms with Gasteiger partial charge in [-0.15, -0.1) is 0 Å². The van der Waals surface area contributed by atoms with Crippen molar-refractivity contribution in [2.45, 2.75) is 111 Å². The van der Waals surface area contributed by atoms with Crippen LogP contribution in [0.5, 0.6) is 0 Å². The van der Waals surface area contributed by atoms with Gasteiger partial charge in [0.1, 0.15) is 0 Å². The Morgan fingerprint density at radius 3 is 1.72 bits per heavy atom. The van der Waals surface area contributed by atoms with Gasteiger partial charge in [-0.2, -0.15) is 0 Å². The molecule has 0 aromatic heterocycles. The molecule has 9 aromatic rings. The highest BCUT2D eigenvalue weighted by atomic mass is 14.4. The summed E-state index contributed by atoms with van der Waals surface area (Å²) in [6, 6.07) is 69.9. The van der Waals surface area contributed by atoms with E-state index in [2.05, 4.69) is 237 Å². The van der Waals surface area contributed by atoms with Crippen LogP contribution in [0.4, 0.5) is 0 Å². The summed E-state index contributed by atoms with van der Waals surface area (Å²) >= 11 is 0. The minimum Gasteiger partial charge on any atom is -0.0620 e. The van der Waals surface area contributed by atoms with E-state index in [1.165, 1.54) is 149 Å². The van der Waals surface area contributed by atoms with Crippen LogP contribution in [0.3, 0.4) is 0 Å². The van der Waals surface area contributed by atoms with Crippen molar-refractivity contribution in [3.8, 4) is 55.6 Å². The lowest BCUT2D eigenvalue weighted by Gasteiger charge is -2.22. The van der Waals surface area contributed by atoms with Crippen LogP contribution in [0.25, 0.3) is 66.4 Å². The van der Waals surface area contributed by atoms with Crippen LogP contribution < -0.4 is 0 Å². The van der Waals surface area contributed by atoms with Crippen LogP contribution in [-0.2, 0) is 11.8 Å². The van der Waals surface area contributed by atoms with E-state index < -0.39 is 0 Å². The number of hydrogen-bond donors (Lipinski definition) is 0. The van der Waals surface area contributed by atoms with Crippen LogP contribution in [0.1, 0.15) is 121 Å². The molecule has 0 radical (unpaired) electrons. The lowest BCUT2D eigenvalue weighted by atomic mass is 9.81. The maximum atomic E-state index is 2.47. The fourth-order valence-electron chi connectivity index (χ4n) is 10.8. The van der Waals surface area contributed by atoms with E-state index in [1.54, 1.807) is 0 Å². The van der Waals surface area contributed by atoms with Crippen LogP contribution in [0.15, 0.2) is 188 Å². The zero-order valence-corrected chi connectivity index (χ0v) is 42.0. The smallest absolute Gasteiger partial charge is 0.0158 e. The van der Waals surface area contributed by atoms with E-state index in [1.807, 2.05) is 0 Å². The number of benzene rings is 9. The molecule has 9 aromatic carbocycles. The third-order valence-electron chi connectivity index (χ3n) is 15.4. The largest absolute Gasteiger partial charge is 0.0620 e. The van der Waals surface area contributed by atoms with Gasteiger partial charge in [-0.25, -0.2) is 0 Å². The van der Waals surface area contributed by atoms with Gasteiger partial charge < -0.3 is 0 Å². The molecule has 2 fully saturated rings. The first kappa shape index (κ1) is 46.0. The fraction of sp³-hybridized carbons (Fsp3) is 0.246. The predicted molar refractivity (Wildman–Crippen MR) is 298 cm³/mol. The maximum Gasteiger partial charge on any atom is 0.0158 e. The second kappa shape index (κ2) is 19.7. The summed E-state index contributed by atoms with van der Waals surface area (Å²) in [5.74, 6) is 1.26. The normalized spacial score (nSPS) is 14.4. The zero-order valence-electron chi connectivity index (χ0n) is 42.0. The van der Waals surface area contributed by atoms with Gasteiger partial charge in [-0.05, 0) is 188 Å². The van der Waals surface area contributed by atoms with Gasteiger partial charge in [0.15, 0.2) is 0 Å². The third kappa shape index (κ3) is 9.65. The van der Waals surface area contributed by atoms with Gasteiger partial charge in [0, 0.05) is 5.41 Å². The Labute approximate surface area is 413 Å². The first-order valence-electron chi connectivity index (χ1n) is 25.7. The second-order valence-corrected chi connectivity index (χ2v) is 20.8. The first-order valence-corrected chi connectivity index (χ1v) is 25.7. The molecule has 3 aliphatic rings. The van der Waals surface area contributed by atoms with Gasteiger partial charge >= 0.3 is 0 Å². The second-order valence-electron chi connectivity index (χ2n) is 20.8. The van der Waals surface area contributed by atoms with Crippen molar-refractivity contribution in [1.29, 1.82) is 0 Å². The molecule has 1 atom stereocenters. The standard InChI is InChI=1S/C41H40.C25H22.C3H6/c1-27(13-15-29-16-24-37-36-11-7-8-12-39(36)41(3,4)40(37)25-29)30-18-20-31(21-19-30)33-17-14-28(2)38(26-33)35-10-6-5-9-34(35)32-22-23-32;1-17-9-4-5-10-20(17)22-13-8-14-23(19(22)3)25-16-15-18(2)21-11-6-7-12-24(21)25;1-2-3-1/h5-12,14,16-21,24-27,32H,13,15,22-23H2,1-4H3;4-16H,1-3H3;1-3H2. The average molecular weight is 897 g/mol.